The van der Waals surface area contributed by atoms with Crippen molar-refractivity contribution in [3.63, 3.8) is 0 Å². The smallest absolute Gasteiger partial charge is 0.267 e. The molecule has 1 fully saturated rings. The maximum Gasteiger partial charge on any atom is 0.271 e. The normalized spacial score (nSPS) is 15.4. The van der Waals surface area contributed by atoms with Gasteiger partial charge in [-0.25, -0.2) is 18.2 Å². The lowest BCUT2D eigenvalue weighted by atomic mass is 10.2. The minimum atomic E-state index is -3.50. The van der Waals surface area contributed by atoms with Gasteiger partial charge in [-0.1, -0.05) is 12.1 Å². The number of carbonyl (C=O) groups is 1. The fourth-order valence-electron chi connectivity index (χ4n) is 2.63. The second-order valence-electron chi connectivity index (χ2n) is 5.89. The number of halogens is 1. The molecule has 1 N–H and O–H groups in total. The molecule has 0 saturated carbocycles. The Morgan fingerprint density at radius 1 is 1.04 bits per heavy atom. The molecular weight excluding hydrogens is 357 g/mol. The van der Waals surface area contributed by atoms with Gasteiger partial charge in [-0.15, -0.1) is 0 Å². The number of nitrogens with zero attached hydrogens (tertiary/aromatic N) is 2. The van der Waals surface area contributed by atoms with E-state index in [1.165, 1.54) is 59.1 Å². The number of nitrogens with one attached hydrogen (secondary N) is 1. The van der Waals surface area contributed by atoms with Gasteiger partial charge in [0.25, 0.3) is 5.91 Å². The first-order chi connectivity index (χ1) is 12.5. The molecule has 8 heteroatoms. The van der Waals surface area contributed by atoms with E-state index in [1.54, 1.807) is 0 Å². The molecule has 1 heterocycles. The second kappa shape index (κ2) is 7.76. The third-order valence-corrected chi connectivity index (χ3v) is 5.98. The highest BCUT2D eigenvalue weighted by molar-refractivity contribution is 7.89. The zero-order valence-corrected chi connectivity index (χ0v) is 14.7. The lowest BCUT2D eigenvalue weighted by molar-refractivity contribution is 0.0955. The molecule has 136 valence electrons. The number of benzene rings is 2. The summed E-state index contributed by atoms with van der Waals surface area (Å²) in [7, 11) is -3.50. The summed E-state index contributed by atoms with van der Waals surface area (Å²) in [6.45, 7) is 1.06. The maximum absolute atomic E-state index is 12.8. The van der Waals surface area contributed by atoms with Crippen LogP contribution in [0.4, 0.5) is 4.39 Å². The summed E-state index contributed by atoms with van der Waals surface area (Å²) in [5.74, 6) is -0.816. The molecule has 1 saturated heterocycles. The number of hydrogen-bond acceptors (Lipinski definition) is 4. The van der Waals surface area contributed by atoms with E-state index in [0.29, 0.717) is 24.2 Å². The van der Waals surface area contributed by atoms with Gasteiger partial charge < -0.3 is 0 Å². The minimum Gasteiger partial charge on any atom is -0.267 e. The Labute approximate surface area is 151 Å². The monoisotopic (exact) mass is 375 g/mol. The summed E-state index contributed by atoms with van der Waals surface area (Å²) in [6, 6.07) is 11.4. The number of hydrogen-bond donors (Lipinski definition) is 1. The van der Waals surface area contributed by atoms with Crippen LogP contribution in [0.1, 0.15) is 28.8 Å². The molecule has 1 aliphatic rings. The van der Waals surface area contributed by atoms with Crippen molar-refractivity contribution < 1.29 is 17.6 Å². The van der Waals surface area contributed by atoms with Gasteiger partial charge >= 0.3 is 0 Å². The fourth-order valence-corrected chi connectivity index (χ4v) is 4.15. The van der Waals surface area contributed by atoms with Crippen molar-refractivity contribution in [3.8, 4) is 0 Å². The number of sulfonamides is 1. The van der Waals surface area contributed by atoms with Crippen LogP contribution in [0.5, 0.6) is 0 Å². The Balaban J connectivity index is 1.64. The molecule has 1 aliphatic heterocycles. The van der Waals surface area contributed by atoms with E-state index in [2.05, 4.69) is 10.5 Å². The van der Waals surface area contributed by atoms with Crippen LogP contribution in [0.15, 0.2) is 58.5 Å². The highest BCUT2D eigenvalue weighted by Crippen LogP contribution is 2.21. The van der Waals surface area contributed by atoms with Crippen molar-refractivity contribution >= 4 is 22.1 Å². The van der Waals surface area contributed by atoms with Crippen molar-refractivity contribution in [1.29, 1.82) is 0 Å². The van der Waals surface area contributed by atoms with E-state index in [-0.39, 0.29) is 10.7 Å². The van der Waals surface area contributed by atoms with Crippen LogP contribution < -0.4 is 5.43 Å². The van der Waals surface area contributed by atoms with Crippen LogP contribution in [0.3, 0.4) is 0 Å². The van der Waals surface area contributed by atoms with Crippen molar-refractivity contribution in [2.75, 3.05) is 13.1 Å². The van der Waals surface area contributed by atoms with E-state index in [0.717, 1.165) is 12.8 Å². The molecule has 0 atom stereocenters. The van der Waals surface area contributed by atoms with Crippen molar-refractivity contribution in [2.24, 2.45) is 5.10 Å². The quantitative estimate of drug-likeness (QED) is 0.644. The Morgan fingerprint density at radius 3 is 2.27 bits per heavy atom. The highest BCUT2D eigenvalue weighted by Gasteiger charge is 2.27. The zero-order valence-electron chi connectivity index (χ0n) is 13.9. The standard InChI is InChI=1S/C18H18FN3O3S/c19-16-7-3-14(4-8-16)13-20-21-18(23)15-5-9-17(10-6-15)26(24,25)22-11-1-2-12-22/h3-10,13H,1-2,11-12H2,(H,21,23)/b20-13-. The number of amides is 1. The van der Waals surface area contributed by atoms with E-state index in [4.69, 9.17) is 0 Å². The molecule has 0 spiro atoms. The fraction of sp³-hybridized carbons (Fsp3) is 0.222. The van der Waals surface area contributed by atoms with E-state index in [9.17, 15) is 17.6 Å². The lowest BCUT2D eigenvalue weighted by Gasteiger charge is -2.15. The molecule has 0 radical (unpaired) electrons. The third-order valence-electron chi connectivity index (χ3n) is 4.07. The summed E-state index contributed by atoms with van der Waals surface area (Å²) < 4.78 is 39.2. The van der Waals surface area contributed by atoms with Gasteiger partial charge in [0, 0.05) is 18.7 Å². The van der Waals surface area contributed by atoms with Gasteiger partial charge in [-0.05, 0) is 54.8 Å². The molecule has 3 rings (SSSR count). The second-order valence-corrected chi connectivity index (χ2v) is 7.82. The molecule has 2 aromatic carbocycles. The zero-order chi connectivity index (χ0) is 18.6. The van der Waals surface area contributed by atoms with Gasteiger partial charge in [0.1, 0.15) is 5.82 Å². The Bertz CT molecular complexity index is 904. The van der Waals surface area contributed by atoms with Gasteiger partial charge in [0.15, 0.2) is 0 Å². The molecule has 26 heavy (non-hydrogen) atoms. The van der Waals surface area contributed by atoms with Crippen LogP contribution in [0, 0.1) is 5.82 Å². The predicted octanol–water partition coefficient (Wildman–Crippen LogP) is 2.37. The van der Waals surface area contributed by atoms with Gasteiger partial charge in [0.2, 0.25) is 10.0 Å². The Morgan fingerprint density at radius 2 is 1.65 bits per heavy atom. The molecule has 0 bridgehead atoms. The van der Waals surface area contributed by atoms with Crippen LogP contribution >= 0.6 is 0 Å². The van der Waals surface area contributed by atoms with E-state index < -0.39 is 15.9 Å². The summed E-state index contributed by atoms with van der Waals surface area (Å²) in [6.07, 6.45) is 3.13. The predicted molar refractivity (Wildman–Crippen MR) is 95.9 cm³/mol. The average Bonchev–Trinajstić information content (AvgIpc) is 3.19. The third kappa shape index (κ3) is 4.14. The van der Waals surface area contributed by atoms with Crippen LogP contribution in [0.25, 0.3) is 0 Å². The number of hydrazone groups is 1. The van der Waals surface area contributed by atoms with Crippen molar-refractivity contribution in [1.82, 2.24) is 9.73 Å². The summed E-state index contributed by atoms with van der Waals surface area (Å²) in [5, 5.41) is 3.81. The topological polar surface area (TPSA) is 78.8 Å². The molecule has 2 aromatic rings. The Hall–Kier alpha value is -2.58. The first-order valence-corrected chi connectivity index (χ1v) is 9.60. The van der Waals surface area contributed by atoms with Crippen LogP contribution in [-0.2, 0) is 10.0 Å². The summed E-state index contributed by atoms with van der Waals surface area (Å²) >= 11 is 0. The highest BCUT2D eigenvalue weighted by atomic mass is 32.2. The minimum absolute atomic E-state index is 0.172. The first kappa shape index (κ1) is 18.2. The van der Waals surface area contributed by atoms with E-state index >= 15 is 0 Å². The van der Waals surface area contributed by atoms with Gasteiger partial charge in [-0.3, -0.25) is 4.79 Å². The maximum atomic E-state index is 12.8. The summed E-state index contributed by atoms with van der Waals surface area (Å²) in [5.41, 5.74) is 3.28. The molecule has 0 aliphatic carbocycles. The first-order valence-electron chi connectivity index (χ1n) is 8.16. The molecule has 6 nitrogen and oxygen atoms in total. The molecular formula is C18H18FN3O3S. The van der Waals surface area contributed by atoms with E-state index in [1.807, 2.05) is 0 Å². The van der Waals surface area contributed by atoms with Gasteiger partial charge in [0.05, 0.1) is 11.1 Å². The van der Waals surface area contributed by atoms with Crippen LogP contribution in [0.2, 0.25) is 0 Å². The number of carbonyl (C=O) groups excluding carboxylic acids is 1. The van der Waals surface area contributed by atoms with Crippen molar-refractivity contribution in [3.05, 3.63) is 65.5 Å². The molecule has 1 amide bonds. The number of rotatable bonds is 5. The SMILES string of the molecule is O=C(N/N=C\c1ccc(F)cc1)c1ccc(S(=O)(=O)N2CCCC2)cc1. The molecule has 0 unspecified atom stereocenters. The average molecular weight is 375 g/mol. The molecule has 0 aromatic heterocycles. The van der Waals surface area contributed by atoms with Crippen molar-refractivity contribution in [2.45, 2.75) is 17.7 Å². The Kier molecular flexibility index (Phi) is 5.43. The van der Waals surface area contributed by atoms with Crippen LogP contribution in [-0.4, -0.2) is 37.9 Å². The lowest BCUT2D eigenvalue weighted by Crippen LogP contribution is -2.28. The largest absolute Gasteiger partial charge is 0.271 e. The summed E-state index contributed by atoms with van der Waals surface area (Å²) in [4.78, 5) is 12.2. The van der Waals surface area contributed by atoms with Gasteiger partial charge in [-0.2, -0.15) is 9.41 Å².